The van der Waals surface area contributed by atoms with Gasteiger partial charge in [0.1, 0.15) is 23.4 Å². The second kappa shape index (κ2) is 12.3. The van der Waals surface area contributed by atoms with Crippen LogP contribution in [0, 0.1) is 5.92 Å². The summed E-state index contributed by atoms with van der Waals surface area (Å²) in [4.78, 5) is 26.4. The minimum Gasteiger partial charge on any atom is -0.497 e. The number of ether oxygens (including phenoxy) is 3. The highest BCUT2D eigenvalue weighted by molar-refractivity contribution is 7.89. The zero-order valence-electron chi connectivity index (χ0n) is 24.7. The van der Waals surface area contributed by atoms with Gasteiger partial charge in [0.05, 0.1) is 24.2 Å². The first kappa shape index (κ1) is 31.6. The quantitative estimate of drug-likeness (QED) is 0.362. The molecule has 0 N–H and O–H groups in total. The summed E-state index contributed by atoms with van der Waals surface area (Å²) in [7, 11) is -2.37. The highest BCUT2D eigenvalue weighted by Crippen LogP contribution is 2.37. The van der Waals surface area contributed by atoms with Gasteiger partial charge in [0.2, 0.25) is 10.0 Å². The molecule has 2 atom stereocenters. The van der Waals surface area contributed by atoms with Crippen molar-refractivity contribution in [1.82, 2.24) is 9.21 Å². The van der Waals surface area contributed by atoms with Crippen molar-refractivity contribution in [3.05, 3.63) is 59.7 Å². The molecule has 0 aromatic heterocycles. The first-order chi connectivity index (χ1) is 18.6. The second-order valence-electron chi connectivity index (χ2n) is 12.0. The summed E-state index contributed by atoms with van der Waals surface area (Å²) in [5.74, 6) is 0.600. The van der Waals surface area contributed by atoms with E-state index in [1.807, 2.05) is 26.0 Å². The fourth-order valence-electron chi connectivity index (χ4n) is 4.87. The summed E-state index contributed by atoms with van der Waals surface area (Å²) in [5, 5.41) is 0. The topological polar surface area (TPSA) is 102 Å². The van der Waals surface area contributed by atoms with Gasteiger partial charge in [0.25, 0.3) is 0 Å². The fourth-order valence-corrected chi connectivity index (χ4v) is 6.48. The minimum absolute atomic E-state index is 0.0341. The predicted octanol–water partition coefficient (Wildman–Crippen LogP) is 5.14. The molecule has 1 saturated heterocycles. The number of hydrogen-bond acceptors (Lipinski definition) is 7. The zero-order valence-corrected chi connectivity index (χ0v) is 25.5. The van der Waals surface area contributed by atoms with Gasteiger partial charge in [-0.3, -0.25) is 9.69 Å². The van der Waals surface area contributed by atoms with Gasteiger partial charge in [-0.05, 0) is 76.8 Å². The van der Waals surface area contributed by atoms with Crippen molar-refractivity contribution >= 4 is 22.4 Å². The Bertz CT molecular complexity index is 1270. The van der Waals surface area contributed by atoms with Crippen molar-refractivity contribution in [1.29, 1.82) is 0 Å². The van der Waals surface area contributed by atoms with E-state index in [-0.39, 0.29) is 23.9 Å². The molecule has 40 heavy (non-hydrogen) atoms. The molecule has 3 rings (SSSR count). The number of hydrogen-bond donors (Lipinski definition) is 0. The number of carbonyl (C=O) groups is 2. The lowest BCUT2D eigenvalue weighted by molar-refractivity contribution is -0.0806. The van der Waals surface area contributed by atoms with Crippen LogP contribution < -0.4 is 4.74 Å². The van der Waals surface area contributed by atoms with Crippen LogP contribution in [0.4, 0.5) is 4.79 Å². The number of amides is 1. The van der Waals surface area contributed by atoms with Crippen LogP contribution in [0.25, 0.3) is 0 Å². The van der Waals surface area contributed by atoms with Crippen LogP contribution in [0.3, 0.4) is 0 Å². The third kappa shape index (κ3) is 7.62. The minimum atomic E-state index is -3.89. The molecule has 2 aromatic carbocycles. The molecule has 0 bridgehead atoms. The van der Waals surface area contributed by atoms with Gasteiger partial charge in [-0.15, -0.1) is 0 Å². The van der Waals surface area contributed by atoms with Crippen molar-refractivity contribution in [3.8, 4) is 5.75 Å². The summed E-state index contributed by atoms with van der Waals surface area (Å²) >= 11 is 0. The smallest absolute Gasteiger partial charge is 0.412 e. The number of methoxy groups -OCH3 is 1. The maximum Gasteiger partial charge on any atom is 0.412 e. The van der Waals surface area contributed by atoms with Crippen molar-refractivity contribution in [3.63, 3.8) is 0 Å². The Morgan fingerprint density at radius 1 is 1.10 bits per heavy atom. The van der Waals surface area contributed by atoms with E-state index in [1.165, 1.54) is 23.5 Å². The Kier molecular flexibility index (Phi) is 9.70. The molecule has 2 aromatic rings. The van der Waals surface area contributed by atoms with Gasteiger partial charge in [-0.1, -0.05) is 38.1 Å². The molecule has 1 aliphatic rings. The van der Waals surface area contributed by atoms with Gasteiger partial charge in [-0.25, -0.2) is 13.2 Å². The number of rotatable bonds is 10. The Balaban J connectivity index is 2.02. The summed E-state index contributed by atoms with van der Waals surface area (Å²) in [6.45, 7) is 13.2. The molecule has 0 unspecified atom stereocenters. The molecule has 9 nitrogen and oxygen atoms in total. The van der Waals surface area contributed by atoms with Gasteiger partial charge in [0.15, 0.2) is 0 Å². The number of aldehydes is 1. The number of sulfonamides is 1. The highest BCUT2D eigenvalue weighted by Gasteiger charge is 2.52. The summed E-state index contributed by atoms with van der Waals surface area (Å²) in [6, 6.07) is 12.9. The molecular formula is C30H42N2O7S. The largest absolute Gasteiger partial charge is 0.497 e. The van der Waals surface area contributed by atoms with Gasteiger partial charge >= 0.3 is 6.09 Å². The summed E-state index contributed by atoms with van der Waals surface area (Å²) < 4.78 is 46.5. The van der Waals surface area contributed by atoms with Crippen LogP contribution in [-0.4, -0.2) is 73.7 Å². The predicted molar refractivity (Wildman–Crippen MR) is 153 cm³/mol. The summed E-state index contributed by atoms with van der Waals surface area (Å²) in [5.41, 5.74) is -0.374. The van der Waals surface area contributed by atoms with E-state index in [1.54, 1.807) is 63.8 Å². The van der Waals surface area contributed by atoms with E-state index >= 15 is 0 Å². The lowest BCUT2D eigenvalue weighted by Crippen LogP contribution is -2.52. The Hall–Kier alpha value is -2.95. The lowest BCUT2D eigenvalue weighted by atomic mass is 9.99. The molecule has 0 saturated carbocycles. The molecule has 220 valence electrons. The standard InChI is InChI=1S/C30H42N2O7S/c1-21(2)18-31(40(35,36)25-15-13-24(37-8)14-16-25)19-27-26(17-22-9-11-23(20-33)12-10-22)32(30(6,7)38-27)28(34)39-29(3,4)5/h9-16,20-21,26-27H,17-19H2,1-8H3/t26-,27+/m0/s1. The molecule has 0 aliphatic carbocycles. The van der Waals surface area contributed by atoms with Gasteiger partial charge in [0, 0.05) is 18.7 Å². The Labute approximate surface area is 238 Å². The van der Waals surface area contributed by atoms with Gasteiger partial charge < -0.3 is 14.2 Å². The molecule has 0 radical (unpaired) electrons. The van der Waals surface area contributed by atoms with E-state index in [0.717, 1.165) is 11.8 Å². The van der Waals surface area contributed by atoms with Crippen molar-refractivity contribution in [2.45, 2.75) is 83.3 Å². The average Bonchev–Trinajstić information content (AvgIpc) is 3.11. The third-order valence-electron chi connectivity index (χ3n) is 6.58. The zero-order chi connectivity index (χ0) is 29.9. The molecule has 1 amide bonds. The maximum atomic E-state index is 13.8. The molecule has 1 heterocycles. The van der Waals surface area contributed by atoms with E-state index in [4.69, 9.17) is 14.2 Å². The van der Waals surface area contributed by atoms with Crippen LogP contribution in [-0.2, 0) is 25.9 Å². The lowest BCUT2D eigenvalue weighted by Gasteiger charge is -2.35. The first-order valence-corrected chi connectivity index (χ1v) is 14.9. The van der Waals surface area contributed by atoms with Crippen LogP contribution in [0.5, 0.6) is 5.75 Å². The van der Waals surface area contributed by atoms with Crippen molar-refractivity contribution in [2.75, 3.05) is 20.2 Å². The number of carbonyl (C=O) groups excluding carboxylic acids is 2. The van der Waals surface area contributed by atoms with Crippen LogP contribution in [0.15, 0.2) is 53.4 Å². The van der Waals surface area contributed by atoms with E-state index < -0.39 is 39.6 Å². The maximum absolute atomic E-state index is 13.8. The van der Waals surface area contributed by atoms with E-state index in [2.05, 4.69) is 0 Å². The van der Waals surface area contributed by atoms with Crippen molar-refractivity contribution in [2.24, 2.45) is 5.92 Å². The first-order valence-electron chi connectivity index (χ1n) is 13.5. The van der Waals surface area contributed by atoms with E-state index in [9.17, 15) is 18.0 Å². The molecule has 1 fully saturated rings. The SMILES string of the molecule is COc1ccc(S(=O)(=O)N(CC(C)C)C[C@H]2OC(C)(C)N(C(=O)OC(C)(C)C)[C@H]2Cc2ccc(C=O)cc2)cc1. The third-order valence-corrected chi connectivity index (χ3v) is 8.43. The average molecular weight is 575 g/mol. The number of benzene rings is 2. The Morgan fingerprint density at radius 2 is 1.70 bits per heavy atom. The fraction of sp³-hybridized carbons (Fsp3) is 0.533. The van der Waals surface area contributed by atoms with E-state index in [0.29, 0.717) is 17.7 Å². The van der Waals surface area contributed by atoms with Crippen molar-refractivity contribution < 1.29 is 32.2 Å². The Morgan fingerprint density at radius 3 is 2.20 bits per heavy atom. The monoisotopic (exact) mass is 574 g/mol. The second-order valence-corrected chi connectivity index (χ2v) is 13.9. The normalized spacial score (nSPS) is 19.2. The van der Waals surface area contributed by atoms with Gasteiger partial charge in [-0.2, -0.15) is 4.31 Å². The molecule has 1 aliphatic heterocycles. The molecule has 10 heteroatoms. The summed E-state index contributed by atoms with van der Waals surface area (Å²) in [6.07, 6.45) is -0.0391. The van der Waals surface area contributed by atoms with Crippen LogP contribution in [0.2, 0.25) is 0 Å². The van der Waals surface area contributed by atoms with Crippen LogP contribution in [0.1, 0.15) is 64.4 Å². The molecule has 0 spiro atoms. The highest BCUT2D eigenvalue weighted by atomic mass is 32.2. The molecular weight excluding hydrogens is 532 g/mol. The van der Waals surface area contributed by atoms with Crippen LogP contribution >= 0.6 is 0 Å². The number of nitrogens with zero attached hydrogens (tertiary/aromatic N) is 2.